The van der Waals surface area contributed by atoms with Crippen LogP contribution in [0.4, 0.5) is 4.39 Å². The highest BCUT2D eigenvalue weighted by molar-refractivity contribution is 5.88. The highest BCUT2D eigenvalue weighted by atomic mass is 19.1. The van der Waals surface area contributed by atoms with Crippen molar-refractivity contribution in [1.82, 2.24) is 4.90 Å². The molecular weight excluding hydrogens is 229 g/mol. The van der Waals surface area contributed by atoms with Gasteiger partial charge in [0.1, 0.15) is 11.6 Å². The lowest BCUT2D eigenvalue weighted by Gasteiger charge is -2.11. The van der Waals surface area contributed by atoms with Crippen molar-refractivity contribution < 1.29 is 23.8 Å². The van der Waals surface area contributed by atoms with E-state index in [1.54, 1.807) is 14.1 Å². The van der Waals surface area contributed by atoms with Gasteiger partial charge in [-0.25, -0.2) is 9.18 Å². The number of hydrogen-bond donors (Lipinski definition) is 1. The molecule has 1 aromatic carbocycles. The smallest absolute Gasteiger partial charge is 0.335 e. The number of halogens is 1. The third-order valence-electron chi connectivity index (χ3n) is 1.98. The van der Waals surface area contributed by atoms with Gasteiger partial charge in [0.15, 0.2) is 6.61 Å². The summed E-state index contributed by atoms with van der Waals surface area (Å²) in [6, 6.07) is 3.06. The minimum atomic E-state index is -1.26. The van der Waals surface area contributed by atoms with Crippen molar-refractivity contribution in [1.29, 1.82) is 0 Å². The van der Waals surface area contributed by atoms with Gasteiger partial charge in [-0.3, -0.25) is 4.79 Å². The van der Waals surface area contributed by atoms with E-state index in [4.69, 9.17) is 9.84 Å². The van der Waals surface area contributed by atoms with Crippen molar-refractivity contribution in [2.75, 3.05) is 20.7 Å². The number of likely N-dealkylation sites (N-methyl/N-ethyl adjacent to an activating group) is 1. The quantitative estimate of drug-likeness (QED) is 0.853. The Kier molecular flexibility index (Phi) is 4.03. The van der Waals surface area contributed by atoms with Crippen molar-refractivity contribution in [3.63, 3.8) is 0 Å². The van der Waals surface area contributed by atoms with E-state index >= 15 is 0 Å². The summed E-state index contributed by atoms with van der Waals surface area (Å²) in [4.78, 5) is 23.2. The second-order valence-electron chi connectivity index (χ2n) is 3.56. The van der Waals surface area contributed by atoms with Crippen LogP contribution in [0.3, 0.4) is 0 Å². The molecule has 0 heterocycles. The van der Waals surface area contributed by atoms with E-state index in [9.17, 15) is 14.0 Å². The average molecular weight is 241 g/mol. The van der Waals surface area contributed by atoms with Crippen LogP contribution in [0.5, 0.6) is 5.75 Å². The van der Waals surface area contributed by atoms with E-state index in [0.717, 1.165) is 18.2 Å². The second-order valence-corrected chi connectivity index (χ2v) is 3.56. The summed E-state index contributed by atoms with van der Waals surface area (Å²) in [6.07, 6.45) is 0. The van der Waals surface area contributed by atoms with Gasteiger partial charge in [-0.1, -0.05) is 0 Å². The fourth-order valence-electron chi connectivity index (χ4n) is 1.04. The summed E-state index contributed by atoms with van der Waals surface area (Å²) in [5.41, 5.74) is -0.225. The molecule has 0 unspecified atom stereocenters. The number of carboxylic acids is 1. The molecule has 0 fully saturated rings. The van der Waals surface area contributed by atoms with Crippen LogP contribution in [0, 0.1) is 5.82 Å². The van der Waals surface area contributed by atoms with Crippen LogP contribution >= 0.6 is 0 Å². The van der Waals surface area contributed by atoms with Gasteiger partial charge in [0.2, 0.25) is 0 Å². The minimum absolute atomic E-state index is 0.0117. The predicted molar refractivity (Wildman–Crippen MR) is 57.5 cm³/mol. The zero-order chi connectivity index (χ0) is 13.0. The van der Waals surface area contributed by atoms with E-state index in [1.807, 2.05) is 0 Å². The van der Waals surface area contributed by atoms with Crippen LogP contribution in [0.1, 0.15) is 10.4 Å². The summed E-state index contributed by atoms with van der Waals surface area (Å²) in [7, 11) is 3.11. The first kappa shape index (κ1) is 13.0. The first-order chi connectivity index (χ1) is 7.90. The van der Waals surface area contributed by atoms with Gasteiger partial charge in [0.05, 0.1) is 5.56 Å². The average Bonchev–Trinajstić information content (AvgIpc) is 2.24. The molecule has 0 aromatic heterocycles. The molecule has 0 saturated heterocycles. The normalized spacial score (nSPS) is 9.82. The number of aromatic carboxylic acids is 1. The van der Waals surface area contributed by atoms with Crippen LogP contribution < -0.4 is 4.74 Å². The van der Waals surface area contributed by atoms with Gasteiger partial charge < -0.3 is 14.7 Å². The van der Waals surface area contributed by atoms with Crippen LogP contribution in [0.2, 0.25) is 0 Å². The maximum absolute atomic E-state index is 13.0. The Balaban J connectivity index is 2.78. The Hall–Kier alpha value is -2.11. The molecule has 0 bridgehead atoms. The number of carbonyl (C=O) groups excluding carboxylic acids is 1. The van der Waals surface area contributed by atoms with Gasteiger partial charge in [-0.2, -0.15) is 0 Å². The summed E-state index contributed by atoms with van der Waals surface area (Å²) in [6.45, 7) is -0.268. The molecule has 0 saturated carbocycles. The zero-order valence-electron chi connectivity index (χ0n) is 9.44. The Labute approximate surface area is 97.4 Å². The molecule has 1 rings (SSSR count). The number of nitrogens with zero attached hydrogens (tertiary/aromatic N) is 1. The second kappa shape index (κ2) is 5.29. The monoisotopic (exact) mass is 241 g/mol. The lowest BCUT2D eigenvalue weighted by molar-refractivity contribution is -0.130. The van der Waals surface area contributed by atoms with Crippen LogP contribution in [0.25, 0.3) is 0 Å². The molecular formula is C11H12FNO4. The zero-order valence-corrected chi connectivity index (χ0v) is 9.44. The topological polar surface area (TPSA) is 66.8 Å². The summed E-state index contributed by atoms with van der Waals surface area (Å²) in [5, 5.41) is 8.70. The van der Waals surface area contributed by atoms with Crippen LogP contribution in [-0.2, 0) is 4.79 Å². The fraction of sp³-hybridized carbons (Fsp3) is 0.273. The molecule has 6 heteroatoms. The molecule has 1 amide bonds. The van der Waals surface area contributed by atoms with E-state index in [0.29, 0.717) is 0 Å². The first-order valence-electron chi connectivity index (χ1n) is 4.77. The lowest BCUT2D eigenvalue weighted by atomic mass is 10.2. The molecule has 0 aliphatic rings. The number of carboxylic acid groups (broad SMARTS) is 1. The highest BCUT2D eigenvalue weighted by Gasteiger charge is 2.10. The third-order valence-corrected chi connectivity index (χ3v) is 1.98. The molecule has 0 spiro atoms. The van der Waals surface area contributed by atoms with Crippen LogP contribution in [0.15, 0.2) is 18.2 Å². The molecule has 5 nitrogen and oxygen atoms in total. The summed E-state index contributed by atoms with van der Waals surface area (Å²) >= 11 is 0. The Morgan fingerprint density at radius 3 is 2.53 bits per heavy atom. The van der Waals surface area contributed by atoms with E-state index < -0.39 is 11.8 Å². The number of benzene rings is 1. The molecule has 17 heavy (non-hydrogen) atoms. The van der Waals surface area contributed by atoms with E-state index in [-0.39, 0.29) is 23.8 Å². The standard InChI is InChI=1S/C11H12FNO4/c1-13(2)10(14)6-17-9-4-7(11(15)16)3-8(12)5-9/h3-5H,6H2,1-2H3,(H,15,16). The SMILES string of the molecule is CN(C)C(=O)COc1cc(F)cc(C(=O)O)c1. The van der Waals surface area contributed by atoms with Gasteiger partial charge in [0, 0.05) is 20.2 Å². The Bertz CT molecular complexity index is 445. The predicted octanol–water partition coefficient (Wildman–Crippen LogP) is 0.991. The largest absolute Gasteiger partial charge is 0.484 e. The minimum Gasteiger partial charge on any atom is -0.484 e. The number of rotatable bonds is 4. The van der Waals surface area contributed by atoms with Gasteiger partial charge >= 0.3 is 5.97 Å². The van der Waals surface area contributed by atoms with E-state index in [2.05, 4.69) is 0 Å². The number of ether oxygens (including phenoxy) is 1. The maximum Gasteiger partial charge on any atom is 0.335 e. The van der Waals surface area contributed by atoms with E-state index in [1.165, 1.54) is 4.90 Å². The number of hydrogen-bond acceptors (Lipinski definition) is 3. The van der Waals surface area contributed by atoms with Crippen LogP contribution in [-0.4, -0.2) is 42.6 Å². The van der Waals surface area contributed by atoms with Gasteiger partial charge in [0.25, 0.3) is 5.91 Å². The van der Waals surface area contributed by atoms with Crippen molar-refractivity contribution in [2.45, 2.75) is 0 Å². The molecule has 92 valence electrons. The van der Waals surface area contributed by atoms with Crippen molar-refractivity contribution in [3.8, 4) is 5.75 Å². The Morgan fingerprint density at radius 1 is 1.35 bits per heavy atom. The maximum atomic E-state index is 13.0. The van der Waals surface area contributed by atoms with Gasteiger partial charge in [-0.05, 0) is 12.1 Å². The number of amides is 1. The van der Waals surface area contributed by atoms with Gasteiger partial charge in [-0.15, -0.1) is 0 Å². The fourth-order valence-corrected chi connectivity index (χ4v) is 1.04. The van der Waals surface area contributed by atoms with Crippen molar-refractivity contribution in [2.24, 2.45) is 0 Å². The molecule has 0 aliphatic heterocycles. The highest BCUT2D eigenvalue weighted by Crippen LogP contribution is 2.16. The molecule has 0 radical (unpaired) electrons. The summed E-state index contributed by atoms with van der Waals surface area (Å²) < 4.78 is 18.0. The first-order valence-corrected chi connectivity index (χ1v) is 4.77. The van der Waals surface area contributed by atoms with Crippen molar-refractivity contribution >= 4 is 11.9 Å². The van der Waals surface area contributed by atoms with Crippen molar-refractivity contribution in [3.05, 3.63) is 29.6 Å². The molecule has 1 aromatic rings. The lowest BCUT2D eigenvalue weighted by Crippen LogP contribution is -2.27. The molecule has 0 atom stereocenters. The number of carbonyl (C=O) groups is 2. The molecule has 0 aliphatic carbocycles. The third kappa shape index (κ3) is 3.75. The molecule has 1 N–H and O–H groups in total. The Morgan fingerprint density at radius 2 is 2.00 bits per heavy atom. The summed E-state index contributed by atoms with van der Waals surface area (Å²) in [5.74, 6) is -2.27.